The monoisotopic (exact) mass is 235 g/mol. The van der Waals surface area contributed by atoms with Gasteiger partial charge >= 0.3 is 0 Å². The lowest BCUT2D eigenvalue weighted by atomic mass is 10.2. The summed E-state index contributed by atoms with van der Waals surface area (Å²) in [5.41, 5.74) is 5.92. The molecule has 0 radical (unpaired) electrons. The van der Waals surface area contributed by atoms with E-state index >= 15 is 0 Å². The summed E-state index contributed by atoms with van der Waals surface area (Å²) in [5, 5.41) is 6.17. The van der Waals surface area contributed by atoms with Gasteiger partial charge < -0.3 is 11.1 Å². The highest BCUT2D eigenvalue weighted by Crippen LogP contribution is 2.17. The van der Waals surface area contributed by atoms with Gasteiger partial charge in [-0.05, 0) is 18.2 Å². The van der Waals surface area contributed by atoms with Crippen LogP contribution in [0, 0.1) is 5.82 Å². The van der Waals surface area contributed by atoms with Crippen molar-refractivity contribution in [2.75, 3.05) is 11.1 Å². The highest BCUT2D eigenvalue weighted by molar-refractivity contribution is 5.91. The Labute approximate surface area is 96.3 Å². The molecule has 1 aromatic carbocycles. The van der Waals surface area contributed by atoms with E-state index in [1.165, 1.54) is 35.5 Å². The van der Waals surface area contributed by atoms with E-state index in [1.54, 1.807) is 0 Å². The number of amides is 1. The number of nitrogens with one attached hydrogen (secondary N) is 1. The van der Waals surface area contributed by atoms with E-state index in [2.05, 4.69) is 15.4 Å². The Kier molecular flexibility index (Phi) is 2.99. The predicted octanol–water partition coefficient (Wildman–Crippen LogP) is 0.638. The minimum absolute atomic E-state index is 0.0335. The Balaban J connectivity index is 2.05. The van der Waals surface area contributed by atoms with Crippen LogP contribution in [-0.4, -0.2) is 20.7 Å². The summed E-state index contributed by atoms with van der Waals surface area (Å²) < 4.78 is 14.6. The first-order valence-corrected chi connectivity index (χ1v) is 4.82. The summed E-state index contributed by atoms with van der Waals surface area (Å²) in [6, 6.07) is 3.97. The number of hydrogen-bond acceptors (Lipinski definition) is 4. The van der Waals surface area contributed by atoms with Gasteiger partial charge in [-0.25, -0.2) is 14.1 Å². The van der Waals surface area contributed by atoms with Crippen molar-refractivity contribution in [3.63, 3.8) is 0 Å². The molecule has 0 atom stereocenters. The average molecular weight is 235 g/mol. The largest absolute Gasteiger partial charge is 0.399 e. The molecule has 0 spiro atoms. The Morgan fingerprint density at radius 3 is 3.06 bits per heavy atom. The van der Waals surface area contributed by atoms with Gasteiger partial charge in [0.15, 0.2) is 0 Å². The van der Waals surface area contributed by atoms with E-state index in [9.17, 15) is 9.18 Å². The highest BCUT2D eigenvalue weighted by Gasteiger charge is 2.08. The van der Waals surface area contributed by atoms with Crippen molar-refractivity contribution >= 4 is 17.3 Å². The molecule has 1 heterocycles. The molecule has 7 heteroatoms. The molecular formula is C10H10FN5O. The molecule has 1 aromatic heterocycles. The van der Waals surface area contributed by atoms with Gasteiger partial charge in [0.2, 0.25) is 5.91 Å². The summed E-state index contributed by atoms with van der Waals surface area (Å²) >= 11 is 0. The van der Waals surface area contributed by atoms with Crippen LogP contribution in [0.15, 0.2) is 30.9 Å². The zero-order chi connectivity index (χ0) is 12.3. The average Bonchev–Trinajstić information content (AvgIpc) is 2.76. The van der Waals surface area contributed by atoms with Gasteiger partial charge in [-0.15, -0.1) is 0 Å². The number of anilines is 2. The lowest BCUT2D eigenvalue weighted by Crippen LogP contribution is -2.19. The number of nitrogen functional groups attached to an aromatic ring is 1. The van der Waals surface area contributed by atoms with Crippen LogP contribution in [0.25, 0.3) is 0 Å². The lowest BCUT2D eigenvalue weighted by molar-refractivity contribution is -0.116. The number of carbonyl (C=O) groups is 1. The van der Waals surface area contributed by atoms with Crippen LogP contribution in [0.2, 0.25) is 0 Å². The molecule has 0 saturated heterocycles. The van der Waals surface area contributed by atoms with Crippen LogP contribution in [-0.2, 0) is 11.3 Å². The van der Waals surface area contributed by atoms with Crippen molar-refractivity contribution in [3.8, 4) is 0 Å². The Bertz CT molecular complexity index is 525. The molecule has 17 heavy (non-hydrogen) atoms. The van der Waals surface area contributed by atoms with Crippen LogP contribution in [0.4, 0.5) is 15.8 Å². The minimum Gasteiger partial charge on any atom is -0.399 e. The fourth-order valence-corrected chi connectivity index (χ4v) is 1.29. The molecule has 1 amide bonds. The van der Waals surface area contributed by atoms with Gasteiger partial charge in [-0.3, -0.25) is 4.79 Å². The maximum atomic E-state index is 13.3. The molecule has 2 aromatic rings. The van der Waals surface area contributed by atoms with Crippen LogP contribution in [0.1, 0.15) is 0 Å². The Morgan fingerprint density at radius 1 is 1.53 bits per heavy atom. The van der Waals surface area contributed by atoms with E-state index in [1.807, 2.05) is 0 Å². The highest BCUT2D eigenvalue weighted by atomic mass is 19.1. The van der Waals surface area contributed by atoms with Gasteiger partial charge in [-0.1, -0.05) is 0 Å². The SMILES string of the molecule is Nc1ccc(F)c(NC(=O)Cn2cncn2)c1. The number of aromatic nitrogens is 3. The normalized spacial score (nSPS) is 10.2. The van der Waals surface area contributed by atoms with Crippen molar-refractivity contribution in [2.24, 2.45) is 0 Å². The molecule has 0 aliphatic heterocycles. The predicted molar refractivity (Wildman–Crippen MR) is 59.5 cm³/mol. The number of nitrogens with zero attached hydrogens (tertiary/aromatic N) is 3. The maximum Gasteiger partial charge on any atom is 0.246 e. The maximum absolute atomic E-state index is 13.3. The van der Waals surface area contributed by atoms with Crippen molar-refractivity contribution in [2.45, 2.75) is 6.54 Å². The van der Waals surface area contributed by atoms with Gasteiger partial charge in [0.05, 0.1) is 5.69 Å². The first kappa shape index (κ1) is 11.1. The van der Waals surface area contributed by atoms with E-state index in [4.69, 9.17) is 5.73 Å². The summed E-state index contributed by atoms with van der Waals surface area (Å²) in [5.74, 6) is -0.939. The molecule has 0 bridgehead atoms. The third kappa shape index (κ3) is 2.77. The summed E-state index contributed by atoms with van der Waals surface area (Å²) in [4.78, 5) is 15.2. The second-order valence-electron chi connectivity index (χ2n) is 3.38. The molecule has 0 unspecified atom stereocenters. The van der Waals surface area contributed by atoms with E-state index < -0.39 is 11.7 Å². The van der Waals surface area contributed by atoms with Gasteiger partial charge in [0.25, 0.3) is 0 Å². The first-order valence-electron chi connectivity index (χ1n) is 4.82. The summed E-state index contributed by atoms with van der Waals surface area (Å²) in [7, 11) is 0. The number of nitrogens with two attached hydrogens (primary N) is 1. The number of benzene rings is 1. The quantitative estimate of drug-likeness (QED) is 0.764. The smallest absolute Gasteiger partial charge is 0.246 e. The standard InChI is InChI=1S/C10H10FN5O/c11-8-2-1-7(12)3-9(8)15-10(17)4-16-6-13-5-14-16/h1-3,5-6H,4,12H2,(H,15,17). The molecule has 0 saturated carbocycles. The van der Waals surface area contributed by atoms with E-state index in [0.717, 1.165) is 0 Å². The zero-order valence-corrected chi connectivity index (χ0v) is 8.80. The Morgan fingerprint density at radius 2 is 2.35 bits per heavy atom. The van der Waals surface area contributed by atoms with Crippen LogP contribution in [0.5, 0.6) is 0 Å². The third-order valence-corrected chi connectivity index (χ3v) is 2.04. The number of halogens is 1. The van der Waals surface area contributed by atoms with Crippen molar-refractivity contribution in [1.29, 1.82) is 0 Å². The Hall–Kier alpha value is -2.44. The van der Waals surface area contributed by atoms with Crippen molar-refractivity contribution in [1.82, 2.24) is 14.8 Å². The minimum atomic E-state index is -0.536. The molecular weight excluding hydrogens is 225 g/mol. The number of carbonyl (C=O) groups excluding carboxylic acids is 1. The topological polar surface area (TPSA) is 85.8 Å². The second-order valence-corrected chi connectivity index (χ2v) is 3.38. The summed E-state index contributed by atoms with van der Waals surface area (Å²) in [6.07, 6.45) is 2.71. The molecule has 0 fully saturated rings. The lowest BCUT2D eigenvalue weighted by Gasteiger charge is -2.06. The van der Waals surface area contributed by atoms with Gasteiger partial charge in [0.1, 0.15) is 25.0 Å². The molecule has 0 aliphatic rings. The van der Waals surface area contributed by atoms with Crippen LogP contribution < -0.4 is 11.1 Å². The number of rotatable bonds is 3. The van der Waals surface area contributed by atoms with Crippen LogP contribution in [0.3, 0.4) is 0 Å². The van der Waals surface area contributed by atoms with Crippen molar-refractivity contribution in [3.05, 3.63) is 36.7 Å². The third-order valence-electron chi connectivity index (χ3n) is 2.04. The van der Waals surface area contributed by atoms with E-state index in [0.29, 0.717) is 5.69 Å². The fourth-order valence-electron chi connectivity index (χ4n) is 1.29. The van der Waals surface area contributed by atoms with Gasteiger partial charge in [-0.2, -0.15) is 5.10 Å². The van der Waals surface area contributed by atoms with Crippen molar-refractivity contribution < 1.29 is 9.18 Å². The molecule has 6 nitrogen and oxygen atoms in total. The van der Waals surface area contributed by atoms with Gasteiger partial charge in [0, 0.05) is 5.69 Å². The zero-order valence-electron chi connectivity index (χ0n) is 8.80. The molecule has 2 rings (SSSR count). The van der Waals surface area contributed by atoms with Crippen LogP contribution >= 0.6 is 0 Å². The fraction of sp³-hybridized carbons (Fsp3) is 0.100. The first-order chi connectivity index (χ1) is 8.15. The number of hydrogen-bond donors (Lipinski definition) is 2. The summed E-state index contributed by atoms with van der Waals surface area (Å²) in [6.45, 7) is -0.0335. The molecule has 0 aliphatic carbocycles. The second kappa shape index (κ2) is 4.60. The molecule has 3 N–H and O–H groups in total. The molecule has 88 valence electrons. The van der Waals surface area contributed by atoms with E-state index in [-0.39, 0.29) is 12.2 Å².